The lowest BCUT2D eigenvalue weighted by Gasteiger charge is -2.30. The number of aromatic nitrogens is 5. The minimum Gasteiger partial charge on any atom is -0.482 e. The lowest BCUT2D eigenvalue weighted by molar-refractivity contribution is -0.121. The molecule has 212 valence electrons. The molecule has 1 amide bonds. The van der Waals surface area contributed by atoms with Crippen LogP contribution in [0.5, 0.6) is 5.75 Å². The normalized spacial score (nSPS) is 17.2. The summed E-state index contributed by atoms with van der Waals surface area (Å²) in [5.41, 5.74) is 3.86. The highest BCUT2D eigenvalue weighted by atomic mass is 16.5. The van der Waals surface area contributed by atoms with E-state index in [-0.39, 0.29) is 18.1 Å². The molecule has 2 aliphatic heterocycles. The molecule has 2 bridgehead atoms. The van der Waals surface area contributed by atoms with Crippen molar-refractivity contribution in [3.8, 4) is 11.4 Å². The predicted octanol–water partition coefficient (Wildman–Crippen LogP) is 5.47. The Kier molecular flexibility index (Phi) is 5.87. The number of hydrogen-bond donors (Lipinski definition) is 1. The zero-order valence-electron chi connectivity index (χ0n) is 23.2. The molecule has 10 heteroatoms. The van der Waals surface area contributed by atoms with E-state index in [1.54, 1.807) is 15.8 Å². The van der Waals surface area contributed by atoms with Crippen molar-refractivity contribution in [3.63, 3.8) is 0 Å². The van der Waals surface area contributed by atoms with Crippen LogP contribution in [0.3, 0.4) is 0 Å². The van der Waals surface area contributed by atoms with Gasteiger partial charge >= 0.3 is 0 Å². The van der Waals surface area contributed by atoms with Gasteiger partial charge in [-0.05, 0) is 68.1 Å². The first kappa shape index (κ1) is 24.9. The average Bonchev–Trinajstić information content (AvgIpc) is 3.73. The highest BCUT2D eigenvalue weighted by Gasteiger charge is 2.27. The maximum Gasteiger partial charge on any atom is 0.278 e. The Labute approximate surface area is 241 Å². The molecule has 8 rings (SSSR count). The topological polar surface area (TPSA) is 99.2 Å². The molecule has 0 radical (unpaired) electrons. The SMILES string of the molecule is O=C1COc2ccc3cc2N1CCCC=CCn1c(=O)c2cnc(Nc4ccc5c(ccn5C5CCCC5)c4)nc2n1-3. The summed E-state index contributed by atoms with van der Waals surface area (Å²) in [5, 5.41) is 4.95. The van der Waals surface area contributed by atoms with Gasteiger partial charge < -0.3 is 19.5 Å². The molecule has 1 N–H and O–H groups in total. The number of nitrogens with zero attached hydrogens (tertiary/aromatic N) is 6. The number of nitrogens with one attached hydrogen (secondary N) is 1. The van der Waals surface area contributed by atoms with Crippen molar-refractivity contribution in [2.24, 2.45) is 0 Å². The zero-order valence-corrected chi connectivity index (χ0v) is 23.2. The van der Waals surface area contributed by atoms with Crippen LogP contribution in [0.4, 0.5) is 17.3 Å². The molecular weight excluding hydrogens is 530 g/mol. The Morgan fingerprint density at radius 1 is 0.976 bits per heavy atom. The van der Waals surface area contributed by atoms with E-state index in [2.05, 4.69) is 51.4 Å². The van der Waals surface area contributed by atoms with Crippen molar-refractivity contribution in [1.82, 2.24) is 23.9 Å². The lowest BCUT2D eigenvalue weighted by Crippen LogP contribution is -2.39. The number of carbonyl (C=O) groups is 1. The van der Waals surface area contributed by atoms with Gasteiger partial charge in [0.1, 0.15) is 11.1 Å². The number of amides is 1. The van der Waals surface area contributed by atoms with Crippen LogP contribution in [0, 0.1) is 0 Å². The van der Waals surface area contributed by atoms with Gasteiger partial charge in [0.2, 0.25) is 5.95 Å². The van der Waals surface area contributed by atoms with Gasteiger partial charge in [0, 0.05) is 41.6 Å². The molecule has 5 heterocycles. The number of anilines is 3. The fourth-order valence-electron chi connectivity index (χ4n) is 6.61. The Balaban J connectivity index is 1.21. The summed E-state index contributed by atoms with van der Waals surface area (Å²) in [6.45, 7) is 1.02. The highest BCUT2D eigenvalue weighted by Crippen LogP contribution is 2.36. The molecule has 42 heavy (non-hydrogen) atoms. The summed E-state index contributed by atoms with van der Waals surface area (Å²) in [6, 6.07) is 14.7. The number of rotatable bonds is 3. The molecule has 3 aromatic heterocycles. The fourth-order valence-corrected chi connectivity index (χ4v) is 6.61. The van der Waals surface area contributed by atoms with Gasteiger partial charge in [-0.25, -0.2) is 14.3 Å². The third-order valence-corrected chi connectivity index (χ3v) is 8.70. The summed E-state index contributed by atoms with van der Waals surface area (Å²) in [7, 11) is 0. The quantitative estimate of drug-likeness (QED) is 0.293. The standard InChI is InChI=1S/C32H31N7O3/c40-29-20-42-28-12-10-24-18-27(28)37(29)14-5-1-2-6-15-38-31(41)25-19-33-32(35-30(25)39(24)38)34-22-9-11-26-21(17-22)13-16-36(26)23-7-3-4-8-23/h2,6,9-13,16-19,23H,1,3-5,7-8,14-15,20H2,(H,33,34,35). The van der Waals surface area contributed by atoms with E-state index in [0.29, 0.717) is 47.5 Å². The van der Waals surface area contributed by atoms with Crippen LogP contribution in [0.2, 0.25) is 0 Å². The fraction of sp³-hybridized carbons (Fsp3) is 0.312. The van der Waals surface area contributed by atoms with E-state index in [4.69, 9.17) is 9.72 Å². The minimum atomic E-state index is -0.171. The van der Waals surface area contributed by atoms with E-state index in [1.807, 2.05) is 29.0 Å². The van der Waals surface area contributed by atoms with E-state index >= 15 is 0 Å². The summed E-state index contributed by atoms with van der Waals surface area (Å²) in [6.07, 6.45) is 14.5. The number of allylic oxidation sites excluding steroid dienone is 2. The third-order valence-electron chi connectivity index (χ3n) is 8.70. The first-order chi connectivity index (χ1) is 20.6. The largest absolute Gasteiger partial charge is 0.482 e. The summed E-state index contributed by atoms with van der Waals surface area (Å²) < 4.78 is 11.6. The van der Waals surface area contributed by atoms with Crippen molar-refractivity contribution in [2.45, 2.75) is 51.1 Å². The highest BCUT2D eigenvalue weighted by molar-refractivity contribution is 5.98. The Bertz CT molecular complexity index is 1940. The first-order valence-corrected chi connectivity index (χ1v) is 14.7. The molecule has 0 saturated heterocycles. The average molecular weight is 562 g/mol. The Morgan fingerprint density at radius 2 is 1.88 bits per heavy atom. The molecule has 5 aromatic rings. The molecule has 0 unspecified atom stereocenters. The van der Waals surface area contributed by atoms with Crippen LogP contribution in [0.25, 0.3) is 27.6 Å². The third kappa shape index (κ3) is 4.08. The van der Waals surface area contributed by atoms with Crippen LogP contribution in [0.1, 0.15) is 44.6 Å². The van der Waals surface area contributed by atoms with Gasteiger partial charge in [0.25, 0.3) is 11.5 Å². The molecule has 1 saturated carbocycles. The Hall–Kier alpha value is -4.86. The lowest BCUT2D eigenvalue weighted by atomic mass is 10.1. The molecule has 10 nitrogen and oxygen atoms in total. The van der Waals surface area contributed by atoms with Crippen molar-refractivity contribution in [2.75, 3.05) is 23.4 Å². The number of fused-ring (bicyclic) bond motifs is 6. The molecule has 0 spiro atoms. The second-order valence-electron chi connectivity index (χ2n) is 11.3. The smallest absolute Gasteiger partial charge is 0.278 e. The van der Waals surface area contributed by atoms with Gasteiger partial charge in [-0.3, -0.25) is 9.59 Å². The van der Waals surface area contributed by atoms with E-state index in [1.165, 1.54) is 36.6 Å². The second-order valence-corrected chi connectivity index (χ2v) is 11.3. The predicted molar refractivity (Wildman–Crippen MR) is 162 cm³/mol. The van der Waals surface area contributed by atoms with Crippen molar-refractivity contribution < 1.29 is 9.53 Å². The zero-order chi connectivity index (χ0) is 28.2. The van der Waals surface area contributed by atoms with Gasteiger partial charge in [0.05, 0.1) is 17.9 Å². The number of carbonyl (C=O) groups excluding carboxylic acids is 1. The van der Waals surface area contributed by atoms with Crippen LogP contribution < -0.4 is 20.5 Å². The second kappa shape index (κ2) is 9.90. The van der Waals surface area contributed by atoms with Crippen molar-refractivity contribution in [3.05, 3.63) is 77.4 Å². The monoisotopic (exact) mass is 561 g/mol. The maximum atomic E-state index is 13.6. The number of ether oxygens (including phenoxy) is 1. The van der Waals surface area contributed by atoms with E-state index in [0.717, 1.165) is 24.2 Å². The van der Waals surface area contributed by atoms with Gasteiger partial charge in [0.15, 0.2) is 12.3 Å². The van der Waals surface area contributed by atoms with Crippen molar-refractivity contribution >= 4 is 45.2 Å². The number of benzene rings is 2. The van der Waals surface area contributed by atoms with Crippen LogP contribution in [0.15, 0.2) is 71.8 Å². The number of hydrogen-bond acceptors (Lipinski definition) is 6. The van der Waals surface area contributed by atoms with Gasteiger partial charge in [-0.1, -0.05) is 25.0 Å². The maximum absolute atomic E-state index is 13.6. The first-order valence-electron chi connectivity index (χ1n) is 14.7. The summed E-state index contributed by atoms with van der Waals surface area (Å²) in [4.78, 5) is 37.5. The molecule has 2 aromatic carbocycles. The van der Waals surface area contributed by atoms with Gasteiger partial charge in [-0.2, -0.15) is 4.98 Å². The molecule has 1 fully saturated rings. The molecular formula is C32H31N7O3. The Morgan fingerprint density at radius 3 is 2.79 bits per heavy atom. The van der Waals surface area contributed by atoms with E-state index < -0.39 is 0 Å². The molecule has 1 aliphatic carbocycles. The van der Waals surface area contributed by atoms with Crippen LogP contribution >= 0.6 is 0 Å². The minimum absolute atomic E-state index is 0.0265. The molecule has 3 aliphatic rings. The van der Waals surface area contributed by atoms with Crippen LogP contribution in [-0.4, -0.2) is 43.0 Å². The molecule has 0 atom stereocenters. The van der Waals surface area contributed by atoms with Crippen molar-refractivity contribution in [1.29, 1.82) is 0 Å². The van der Waals surface area contributed by atoms with E-state index in [9.17, 15) is 9.59 Å². The summed E-state index contributed by atoms with van der Waals surface area (Å²) >= 11 is 0. The van der Waals surface area contributed by atoms with Crippen LogP contribution in [-0.2, 0) is 11.3 Å². The van der Waals surface area contributed by atoms with Gasteiger partial charge in [-0.15, -0.1) is 0 Å². The summed E-state index contributed by atoms with van der Waals surface area (Å²) in [5.74, 6) is 0.989.